The van der Waals surface area contributed by atoms with Crippen LogP contribution in [0.5, 0.6) is 5.75 Å². The summed E-state index contributed by atoms with van der Waals surface area (Å²) in [7, 11) is 0. The summed E-state index contributed by atoms with van der Waals surface area (Å²) in [4.78, 5) is 15.4. The Morgan fingerprint density at radius 2 is 1.91 bits per heavy atom. The lowest BCUT2D eigenvalue weighted by atomic mass is 10.2. The molecule has 0 saturated heterocycles. The molecule has 2 heterocycles. The first-order chi connectivity index (χ1) is 11.2. The number of imidazole rings is 1. The van der Waals surface area contributed by atoms with E-state index in [0.717, 1.165) is 23.1 Å². The van der Waals surface area contributed by atoms with Crippen LogP contribution in [0.3, 0.4) is 0 Å². The fourth-order valence-electron chi connectivity index (χ4n) is 2.10. The van der Waals surface area contributed by atoms with Gasteiger partial charge in [-0.1, -0.05) is 30.8 Å². The van der Waals surface area contributed by atoms with E-state index in [9.17, 15) is 0 Å². The second-order valence-electron chi connectivity index (χ2n) is 4.90. The molecule has 0 fully saturated rings. The van der Waals surface area contributed by atoms with Crippen molar-refractivity contribution in [3.63, 3.8) is 0 Å². The number of H-pyrrole nitrogens is 1. The Morgan fingerprint density at radius 1 is 1.13 bits per heavy atom. The van der Waals surface area contributed by atoms with E-state index in [1.165, 1.54) is 17.3 Å². The van der Waals surface area contributed by atoms with Crippen LogP contribution in [0, 0.1) is 0 Å². The number of aromatic nitrogens is 4. The number of nitrogens with one attached hydrogen (secondary N) is 1. The number of fused-ring (bicyclic) bond motifs is 1. The molecule has 0 bridgehead atoms. The Hall–Kier alpha value is -2.48. The van der Waals surface area contributed by atoms with Crippen molar-refractivity contribution < 1.29 is 4.74 Å². The van der Waals surface area contributed by atoms with Gasteiger partial charge in [0.05, 0.1) is 6.61 Å². The third kappa shape index (κ3) is 3.65. The molecule has 0 aliphatic rings. The molecule has 2 aromatic heterocycles. The van der Waals surface area contributed by atoms with Gasteiger partial charge in [-0.15, -0.1) is 0 Å². The van der Waals surface area contributed by atoms with E-state index in [0.29, 0.717) is 23.6 Å². The van der Waals surface area contributed by atoms with E-state index < -0.39 is 0 Å². The fraction of sp³-hybridized carbons (Fsp3) is 0.267. The smallest absolute Gasteiger partial charge is 0.224 e. The molecule has 8 heteroatoms. The van der Waals surface area contributed by atoms with Crippen LogP contribution in [0.25, 0.3) is 11.2 Å². The molecule has 0 aliphatic heterocycles. The minimum absolute atomic E-state index is 0.122. The van der Waals surface area contributed by atoms with Crippen molar-refractivity contribution in [3.05, 3.63) is 29.8 Å². The molecule has 7 nitrogen and oxygen atoms in total. The average molecular weight is 330 g/mol. The number of aryl methyl sites for hydroxylation is 1. The molecule has 1 aromatic carbocycles. The molecule has 5 N–H and O–H groups in total. The van der Waals surface area contributed by atoms with Crippen LogP contribution in [0.15, 0.2) is 29.4 Å². The van der Waals surface area contributed by atoms with Crippen LogP contribution in [0.1, 0.15) is 12.5 Å². The van der Waals surface area contributed by atoms with Gasteiger partial charge in [0.25, 0.3) is 0 Å². The number of hydrogen-bond acceptors (Lipinski definition) is 7. The van der Waals surface area contributed by atoms with Crippen LogP contribution in [0.4, 0.5) is 11.8 Å². The van der Waals surface area contributed by atoms with Gasteiger partial charge in [0.1, 0.15) is 11.3 Å². The number of nitrogens with zero attached hydrogens (tertiary/aromatic N) is 3. The number of ether oxygens (including phenoxy) is 1. The summed E-state index contributed by atoms with van der Waals surface area (Å²) < 4.78 is 5.71. The van der Waals surface area contributed by atoms with Crippen LogP contribution in [-0.2, 0) is 6.42 Å². The minimum atomic E-state index is 0.122. The van der Waals surface area contributed by atoms with E-state index in [1.807, 2.05) is 12.1 Å². The molecular weight excluding hydrogens is 312 g/mol. The van der Waals surface area contributed by atoms with Gasteiger partial charge in [-0.25, -0.2) is 4.98 Å². The van der Waals surface area contributed by atoms with Gasteiger partial charge in [0.15, 0.2) is 16.6 Å². The van der Waals surface area contributed by atoms with Crippen molar-refractivity contribution in [2.45, 2.75) is 18.5 Å². The first-order valence-corrected chi connectivity index (χ1v) is 8.27. The predicted octanol–water partition coefficient (Wildman–Crippen LogP) is 2.25. The van der Waals surface area contributed by atoms with Crippen molar-refractivity contribution >= 4 is 34.7 Å². The zero-order valence-corrected chi connectivity index (χ0v) is 13.6. The highest BCUT2D eigenvalue weighted by Gasteiger charge is 2.09. The Labute approximate surface area is 137 Å². The lowest BCUT2D eigenvalue weighted by molar-refractivity contribution is 0.344. The molecule has 120 valence electrons. The summed E-state index contributed by atoms with van der Waals surface area (Å²) >= 11 is 1.53. The molecule has 23 heavy (non-hydrogen) atoms. The average Bonchev–Trinajstić information content (AvgIpc) is 2.95. The fourth-order valence-corrected chi connectivity index (χ4v) is 2.79. The maximum atomic E-state index is 5.79. The number of hydrogen-bond donors (Lipinski definition) is 3. The summed E-state index contributed by atoms with van der Waals surface area (Å²) in [5.41, 5.74) is 13.7. The van der Waals surface area contributed by atoms with E-state index in [1.54, 1.807) is 0 Å². The number of nitrogen functional groups attached to an aromatic ring is 2. The number of nitrogens with two attached hydrogens (primary N) is 2. The lowest BCUT2D eigenvalue weighted by Crippen LogP contribution is -2.00. The zero-order chi connectivity index (χ0) is 16.2. The monoisotopic (exact) mass is 330 g/mol. The molecule has 3 rings (SSSR count). The Morgan fingerprint density at radius 3 is 2.65 bits per heavy atom. The van der Waals surface area contributed by atoms with Gasteiger partial charge < -0.3 is 21.2 Å². The zero-order valence-electron chi connectivity index (χ0n) is 12.7. The molecule has 3 aromatic rings. The second kappa shape index (κ2) is 6.74. The topological polar surface area (TPSA) is 116 Å². The van der Waals surface area contributed by atoms with E-state index >= 15 is 0 Å². The standard InChI is InChI=1S/C15H18N6OS/c1-2-9-3-5-10(6-4-9)22-7-8-23-15-18-11-12(16)19-14(17)20-13(11)21-15/h3-6H,2,7-8H2,1H3,(H5,16,17,18,19,20,21). The number of rotatable bonds is 6. The summed E-state index contributed by atoms with van der Waals surface area (Å²) in [5.74, 6) is 2.05. The van der Waals surface area contributed by atoms with Crippen molar-refractivity contribution in [3.8, 4) is 5.75 Å². The summed E-state index contributed by atoms with van der Waals surface area (Å²) in [5, 5.41) is 0.719. The second-order valence-corrected chi connectivity index (χ2v) is 5.99. The van der Waals surface area contributed by atoms with Crippen LogP contribution < -0.4 is 16.2 Å². The maximum absolute atomic E-state index is 5.79. The number of benzene rings is 1. The van der Waals surface area contributed by atoms with E-state index in [-0.39, 0.29) is 5.95 Å². The molecule has 0 amide bonds. The van der Waals surface area contributed by atoms with Crippen molar-refractivity contribution in [1.29, 1.82) is 0 Å². The van der Waals surface area contributed by atoms with Gasteiger partial charge in [0, 0.05) is 5.75 Å². The van der Waals surface area contributed by atoms with Crippen molar-refractivity contribution in [1.82, 2.24) is 19.9 Å². The maximum Gasteiger partial charge on any atom is 0.224 e. The number of thioether (sulfide) groups is 1. The predicted molar refractivity (Wildman–Crippen MR) is 92.5 cm³/mol. The Kier molecular flexibility index (Phi) is 4.52. The van der Waals surface area contributed by atoms with Gasteiger partial charge in [-0.2, -0.15) is 9.97 Å². The third-order valence-corrected chi connectivity index (χ3v) is 4.13. The lowest BCUT2D eigenvalue weighted by Gasteiger charge is -2.05. The number of anilines is 2. The van der Waals surface area contributed by atoms with Gasteiger partial charge in [-0.3, -0.25) is 0 Å². The van der Waals surface area contributed by atoms with E-state index in [2.05, 4.69) is 39.0 Å². The highest BCUT2D eigenvalue weighted by atomic mass is 32.2. The Balaban J connectivity index is 1.55. The number of aromatic amines is 1. The van der Waals surface area contributed by atoms with Crippen LogP contribution in [0.2, 0.25) is 0 Å². The molecule has 0 spiro atoms. The van der Waals surface area contributed by atoms with Gasteiger partial charge >= 0.3 is 0 Å². The highest BCUT2D eigenvalue weighted by molar-refractivity contribution is 7.99. The molecule has 0 aliphatic carbocycles. The van der Waals surface area contributed by atoms with Crippen molar-refractivity contribution in [2.75, 3.05) is 23.8 Å². The Bertz CT molecular complexity index is 802. The third-order valence-electron chi connectivity index (χ3n) is 3.30. The molecule has 0 atom stereocenters. The highest BCUT2D eigenvalue weighted by Crippen LogP contribution is 2.22. The van der Waals surface area contributed by atoms with Crippen LogP contribution >= 0.6 is 11.8 Å². The first kappa shape index (κ1) is 15.4. The molecule has 0 radical (unpaired) electrons. The summed E-state index contributed by atoms with van der Waals surface area (Å²) in [6.07, 6.45) is 1.03. The normalized spacial score (nSPS) is 11.0. The largest absolute Gasteiger partial charge is 0.493 e. The van der Waals surface area contributed by atoms with Gasteiger partial charge in [-0.05, 0) is 24.1 Å². The van der Waals surface area contributed by atoms with Crippen LogP contribution in [-0.4, -0.2) is 32.3 Å². The molecular formula is C15H18N6OS. The summed E-state index contributed by atoms with van der Waals surface area (Å²) in [6, 6.07) is 8.13. The quantitative estimate of drug-likeness (QED) is 0.469. The van der Waals surface area contributed by atoms with E-state index in [4.69, 9.17) is 16.2 Å². The van der Waals surface area contributed by atoms with Gasteiger partial charge in [0.2, 0.25) is 5.95 Å². The minimum Gasteiger partial charge on any atom is -0.493 e. The first-order valence-electron chi connectivity index (χ1n) is 7.29. The SMILES string of the molecule is CCc1ccc(OCCSc2nc3nc(N)nc(N)c3[nH]2)cc1. The molecule has 0 unspecified atom stereocenters. The summed E-state index contributed by atoms with van der Waals surface area (Å²) in [6.45, 7) is 2.71. The molecule has 0 saturated carbocycles. The van der Waals surface area contributed by atoms with Crippen molar-refractivity contribution in [2.24, 2.45) is 0 Å².